The minimum Gasteiger partial charge on any atom is -0.504 e. The van der Waals surface area contributed by atoms with Gasteiger partial charge in [-0.15, -0.1) is 17.0 Å². The van der Waals surface area contributed by atoms with Gasteiger partial charge in [0.1, 0.15) is 0 Å². The predicted molar refractivity (Wildman–Crippen MR) is 94.7 cm³/mol. The zero-order valence-corrected chi connectivity index (χ0v) is 14.7. The molecule has 0 saturated carbocycles. The summed E-state index contributed by atoms with van der Waals surface area (Å²) in [7, 11) is 0. The van der Waals surface area contributed by atoms with Crippen LogP contribution in [0.1, 0.15) is 28.2 Å². The van der Waals surface area contributed by atoms with Crippen molar-refractivity contribution in [2.45, 2.75) is 19.3 Å². The molecule has 0 aliphatic carbocycles. The fourth-order valence-electron chi connectivity index (χ4n) is 3.07. The normalized spacial score (nSPS) is 17.3. The molecule has 3 nitrogen and oxygen atoms in total. The Hall–Kier alpha value is -1.23. The number of fused-ring (bicyclic) bond motifs is 1. The van der Waals surface area contributed by atoms with Gasteiger partial charge in [0.05, 0.1) is 5.02 Å². The Labute approximate surface area is 145 Å². The van der Waals surface area contributed by atoms with Crippen LogP contribution in [0.3, 0.4) is 0 Å². The van der Waals surface area contributed by atoms with Crippen molar-refractivity contribution in [3.05, 3.63) is 57.6 Å². The summed E-state index contributed by atoms with van der Waals surface area (Å²) in [5.74, 6) is -0.257. The minimum absolute atomic E-state index is 0. The lowest BCUT2D eigenvalue weighted by Gasteiger charge is -2.21. The molecule has 0 radical (unpaired) electrons. The van der Waals surface area contributed by atoms with E-state index in [1.807, 2.05) is 12.1 Å². The number of halogens is 2. The van der Waals surface area contributed by atoms with Crippen LogP contribution >= 0.6 is 28.6 Å². The van der Waals surface area contributed by atoms with Gasteiger partial charge < -0.3 is 15.5 Å². The highest BCUT2D eigenvalue weighted by Crippen LogP contribution is 2.43. The molecular weight excluding hydrogens is 366 g/mol. The van der Waals surface area contributed by atoms with Gasteiger partial charge in [-0.25, -0.2) is 0 Å². The number of rotatable bonds is 1. The van der Waals surface area contributed by atoms with Gasteiger partial charge in [-0.1, -0.05) is 35.9 Å². The smallest absolute Gasteiger partial charge is 0.176 e. The van der Waals surface area contributed by atoms with Crippen molar-refractivity contribution in [2.24, 2.45) is 0 Å². The average Bonchev–Trinajstić information content (AvgIpc) is 2.68. The summed E-state index contributed by atoms with van der Waals surface area (Å²) in [6.45, 7) is 3.68. The first kappa shape index (κ1) is 17.1. The minimum atomic E-state index is -0.221. The second kappa shape index (κ2) is 6.90. The van der Waals surface area contributed by atoms with Gasteiger partial charge in [-0.05, 0) is 48.2 Å². The van der Waals surface area contributed by atoms with E-state index in [4.69, 9.17) is 11.6 Å². The van der Waals surface area contributed by atoms with Crippen molar-refractivity contribution < 1.29 is 10.2 Å². The van der Waals surface area contributed by atoms with E-state index < -0.39 is 0 Å². The quantitative estimate of drug-likeness (QED) is 0.653. The molecule has 0 bridgehead atoms. The fourth-order valence-corrected chi connectivity index (χ4v) is 3.38. The van der Waals surface area contributed by atoms with Gasteiger partial charge in [0.15, 0.2) is 11.5 Å². The summed E-state index contributed by atoms with van der Waals surface area (Å²) in [5.41, 5.74) is 4.34. The number of hydrogen-bond acceptors (Lipinski definition) is 3. The van der Waals surface area contributed by atoms with Gasteiger partial charge in [0, 0.05) is 12.5 Å². The SMILES string of the molecule is Br.Cc1ccccc1C1CNCCc2c1cc(O)c(O)c2Cl. The van der Waals surface area contributed by atoms with E-state index >= 15 is 0 Å². The van der Waals surface area contributed by atoms with Crippen molar-refractivity contribution in [1.29, 1.82) is 0 Å². The number of phenolic OH excluding ortho intramolecular Hbond substituents is 2. The van der Waals surface area contributed by atoms with Crippen LogP contribution in [0.25, 0.3) is 0 Å². The first-order valence-corrected chi connectivity index (χ1v) is 7.47. The third-order valence-corrected chi connectivity index (χ3v) is 4.60. The molecule has 1 aliphatic rings. The van der Waals surface area contributed by atoms with E-state index in [1.54, 1.807) is 6.07 Å². The summed E-state index contributed by atoms with van der Waals surface area (Å²) in [4.78, 5) is 0. The molecule has 1 atom stereocenters. The summed E-state index contributed by atoms with van der Waals surface area (Å²) in [6.07, 6.45) is 0.740. The number of aryl methyl sites for hydroxylation is 1. The average molecular weight is 385 g/mol. The first-order chi connectivity index (χ1) is 10.1. The van der Waals surface area contributed by atoms with Crippen LogP contribution in [0.2, 0.25) is 5.02 Å². The lowest BCUT2D eigenvalue weighted by atomic mass is 9.85. The third kappa shape index (κ3) is 2.96. The molecule has 3 rings (SSSR count). The van der Waals surface area contributed by atoms with E-state index in [9.17, 15) is 10.2 Å². The van der Waals surface area contributed by atoms with Gasteiger partial charge in [-0.3, -0.25) is 0 Å². The number of nitrogens with one attached hydrogen (secondary N) is 1. The number of phenols is 2. The van der Waals surface area contributed by atoms with Crippen molar-refractivity contribution in [2.75, 3.05) is 13.1 Å². The molecule has 3 N–H and O–H groups in total. The molecule has 0 fully saturated rings. The number of aromatic hydroxyl groups is 2. The predicted octanol–water partition coefficient (Wildman–Crippen LogP) is 3.92. The molecule has 1 aliphatic heterocycles. The lowest BCUT2D eigenvalue weighted by Crippen LogP contribution is -2.21. The fraction of sp³-hybridized carbons (Fsp3) is 0.294. The Morgan fingerprint density at radius 3 is 2.64 bits per heavy atom. The highest BCUT2D eigenvalue weighted by molar-refractivity contribution is 8.93. The van der Waals surface area contributed by atoms with Crippen molar-refractivity contribution in [1.82, 2.24) is 5.32 Å². The van der Waals surface area contributed by atoms with Crippen LogP contribution < -0.4 is 5.32 Å². The highest BCUT2D eigenvalue weighted by Gasteiger charge is 2.26. The maximum atomic E-state index is 9.93. The standard InChI is InChI=1S/C17H18ClNO2.BrH/c1-10-4-2-3-5-11(10)14-9-19-7-6-12-13(14)8-15(20)17(21)16(12)18;/h2-5,8,14,19-21H,6-7,9H2,1H3;1H. The lowest BCUT2D eigenvalue weighted by molar-refractivity contribution is 0.402. The van der Waals surface area contributed by atoms with E-state index in [0.717, 1.165) is 30.6 Å². The molecule has 5 heteroatoms. The summed E-state index contributed by atoms with van der Waals surface area (Å²) in [6, 6.07) is 9.89. The van der Waals surface area contributed by atoms with E-state index in [0.29, 0.717) is 0 Å². The van der Waals surface area contributed by atoms with Crippen LogP contribution in [0.4, 0.5) is 0 Å². The van der Waals surface area contributed by atoms with Crippen LogP contribution in [0, 0.1) is 6.92 Å². The summed E-state index contributed by atoms with van der Waals surface area (Å²) >= 11 is 6.24. The number of benzene rings is 2. The van der Waals surface area contributed by atoms with Gasteiger partial charge in [0.2, 0.25) is 0 Å². The molecule has 2 aromatic carbocycles. The molecule has 1 heterocycles. The monoisotopic (exact) mass is 383 g/mol. The Morgan fingerprint density at radius 2 is 1.91 bits per heavy atom. The molecule has 2 aromatic rings. The zero-order valence-electron chi connectivity index (χ0n) is 12.3. The first-order valence-electron chi connectivity index (χ1n) is 7.09. The molecular formula is C17H19BrClNO2. The molecule has 0 spiro atoms. The summed E-state index contributed by atoms with van der Waals surface area (Å²) in [5, 5.41) is 23.5. The maximum absolute atomic E-state index is 9.93. The van der Waals surface area contributed by atoms with Crippen LogP contribution in [-0.2, 0) is 6.42 Å². The molecule has 0 aromatic heterocycles. The van der Waals surface area contributed by atoms with Gasteiger partial charge in [-0.2, -0.15) is 0 Å². The Bertz CT molecular complexity index is 691. The van der Waals surface area contributed by atoms with Crippen molar-refractivity contribution >= 4 is 28.6 Å². The second-order valence-electron chi connectivity index (χ2n) is 5.49. The molecule has 1 unspecified atom stereocenters. The molecule has 0 amide bonds. The maximum Gasteiger partial charge on any atom is 0.176 e. The van der Waals surface area contributed by atoms with Crippen molar-refractivity contribution in [3.8, 4) is 11.5 Å². The largest absolute Gasteiger partial charge is 0.504 e. The third-order valence-electron chi connectivity index (χ3n) is 4.20. The van der Waals surface area contributed by atoms with Crippen LogP contribution in [-0.4, -0.2) is 23.3 Å². The zero-order chi connectivity index (χ0) is 15.0. The van der Waals surface area contributed by atoms with E-state index in [-0.39, 0.29) is 39.4 Å². The second-order valence-corrected chi connectivity index (χ2v) is 5.87. The van der Waals surface area contributed by atoms with Gasteiger partial charge >= 0.3 is 0 Å². The van der Waals surface area contributed by atoms with E-state index in [1.165, 1.54) is 11.1 Å². The van der Waals surface area contributed by atoms with Crippen LogP contribution in [0.5, 0.6) is 11.5 Å². The Kier molecular flexibility index (Phi) is 5.37. The highest BCUT2D eigenvalue weighted by atomic mass is 79.9. The Balaban J connectivity index is 0.00000176. The topological polar surface area (TPSA) is 52.5 Å². The van der Waals surface area contributed by atoms with Crippen molar-refractivity contribution in [3.63, 3.8) is 0 Å². The molecule has 0 saturated heterocycles. The Morgan fingerprint density at radius 1 is 1.18 bits per heavy atom. The molecule has 118 valence electrons. The van der Waals surface area contributed by atoms with Crippen LogP contribution in [0.15, 0.2) is 30.3 Å². The van der Waals surface area contributed by atoms with E-state index in [2.05, 4.69) is 24.4 Å². The molecule has 22 heavy (non-hydrogen) atoms. The number of hydrogen-bond donors (Lipinski definition) is 3. The summed E-state index contributed by atoms with van der Waals surface area (Å²) < 4.78 is 0. The van der Waals surface area contributed by atoms with Gasteiger partial charge in [0.25, 0.3) is 0 Å².